The Labute approximate surface area is 227 Å². The van der Waals surface area contributed by atoms with E-state index in [9.17, 15) is 20.1 Å². The fourth-order valence-electron chi connectivity index (χ4n) is 4.50. The van der Waals surface area contributed by atoms with Crippen LogP contribution in [0, 0.1) is 0 Å². The first-order valence-corrected chi connectivity index (χ1v) is 12.8. The normalized spacial score (nSPS) is 12.7. The smallest absolute Gasteiger partial charge is 0.267 e. The van der Waals surface area contributed by atoms with Gasteiger partial charge >= 0.3 is 0 Å². The molecule has 0 bridgehead atoms. The largest absolute Gasteiger partial charge is 0.508 e. The first kappa shape index (κ1) is 28.0. The van der Waals surface area contributed by atoms with E-state index in [1.807, 2.05) is 37.3 Å². The fourth-order valence-corrected chi connectivity index (χ4v) is 4.50. The van der Waals surface area contributed by atoms with Crippen LogP contribution in [0.4, 0.5) is 0 Å². The van der Waals surface area contributed by atoms with Gasteiger partial charge in [0.15, 0.2) is 0 Å². The van der Waals surface area contributed by atoms with E-state index in [1.165, 1.54) is 6.07 Å². The van der Waals surface area contributed by atoms with Gasteiger partial charge in [-0.2, -0.15) is 0 Å². The molecule has 4 rings (SSSR count). The molecule has 6 N–H and O–H groups in total. The number of benzene rings is 3. The monoisotopic (exact) mass is 533 g/mol. The van der Waals surface area contributed by atoms with Crippen LogP contribution in [0.25, 0.3) is 10.9 Å². The van der Waals surface area contributed by atoms with E-state index in [0.717, 1.165) is 28.5 Å². The Morgan fingerprint density at radius 3 is 2.56 bits per heavy atom. The lowest BCUT2D eigenvalue weighted by Gasteiger charge is -2.18. The SMILES string of the molecule is COc1ccc(CNC(=O)c2cc3cc(CC(C)NC[C@H](O)c4ccc(O)c(CO)c4)ccc3[nH]2)c(OC)c1. The standard InChI is InChI=1S/C30H35N3O6/c1-18(31-16-28(36)20-6-9-27(35)23(12-20)17-34)10-19-4-8-25-22(11-19)13-26(33-25)30(37)32-15-21-5-7-24(38-2)14-29(21)39-3/h4-9,11-14,18,28,31,33-36H,10,15-17H2,1-3H3,(H,32,37)/t18?,28-/m0/s1. The molecule has 0 fully saturated rings. The topological polar surface area (TPSA) is 136 Å². The molecule has 0 saturated carbocycles. The maximum atomic E-state index is 12.8. The van der Waals surface area contributed by atoms with Crippen molar-refractivity contribution in [3.8, 4) is 17.2 Å². The van der Waals surface area contributed by atoms with Gasteiger partial charge in [-0.3, -0.25) is 4.79 Å². The zero-order valence-electron chi connectivity index (χ0n) is 22.3. The second kappa shape index (κ2) is 12.7. The molecule has 9 nitrogen and oxygen atoms in total. The number of nitrogens with one attached hydrogen (secondary N) is 3. The minimum absolute atomic E-state index is 0.00744. The third kappa shape index (κ3) is 6.88. The van der Waals surface area contributed by atoms with Crippen molar-refractivity contribution in [1.82, 2.24) is 15.6 Å². The van der Waals surface area contributed by atoms with E-state index in [0.29, 0.717) is 41.4 Å². The molecule has 1 heterocycles. The van der Waals surface area contributed by atoms with E-state index in [2.05, 4.69) is 21.7 Å². The van der Waals surface area contributed by atoms with E-state index in [4.69, 9.17) is 9.47 Å². The highest BCUT2D eigenvalue weighted by Gasteiger charge is 2.14. The van der Waals surface area contributed by atoms with Crippen LogP contribution in [0.1, 0.15) is 45.8 Å². The fraction of sp³-hybridized carbons (Fsp3) is 0.300. The molecule has 1 amide bonds. The van der Waals surface area contributed by atoms with Crippen molar-refractivity contribution in [2.24, 2.45) is 0 Å². The van der Waals surface area contributed by atoms with Gasteiger partial charge in [-0.05, 0) is 66.9 Å². The van der Waals surface area contributed by atoms with Gasteiger partial charge in [0, 0.05) is 47.2 Å². The summed E-state index contributed by atoms with van der Waals surface area (Å²) in [6.07, 6.45) is -0.0474. The lowest BCUT2D eigenvalue weighted by Crippen LogP contribution is -2.32. The number of hydrogen-bond donors (Lipinski definition) is 6. The Kier molecular flexibility index (Phi) is 9.08. The molecule has 39 heavy (non-hydrogen) atoms. The summed E-state index contributed by atoms with van der Waals surface area (Å²) in [6.45, 7) is 2.38. The number of aromatic amines is 1. The van der Waals surface area contributed by atoms with Crippen LogP contribution in [-0.4, -0.2) is 53.0 Å². The zero-order valence-corrected chi connectivity index (χ0v) is 22.3. The number of fused-ring (bicyclic) bond motifs is 1. The van der Waals surface area contributed by atoms with Gasteiger partial charge in [0.2, 0.25) is 0 Å². The highest BCUT2D eigenvalue weighted by Crippen LogP contribution is 2.25. The van der Waals surface area contributed by atoms with E-state index in [-0.39, 0.29) is 24.3 Å². The van der Waals surface area contributed by atoms with Gasteiger partial charge in [-0.1, -0.05) is 12.1 Å². The molecule has 206 valence electrons. The Bertz CT molecular complexity index is 1430. The summed E-state index contributed by atoms with van der Waals surface area (Å²) in [5.41, 5.74) is 4.29. The van der Waals surface area contributed by atoms with Crippen molar-refractivity contribution in [2.75, 3.05) is 20.8 Å². The molecular formula is C30H35N3O6. The molecule has 0 aliphatic carbocycles. The second-order valence-electron chi connectivity index (χ2n) is 9.54. The number of aliphatic hydroxyl groups excluding tert-OH is 2. The number of rotatable bonds is 12. The minimum atomic E-state index is -0.774. The van der Waals surface area contributed by atoms with Gasteiger partial charge in [0.25, 0.3) is 5.91 Å². The molecule has 9 heteroatoms. The van der Waals surface area contributed by atoms with Crippen molar-refractivity contribution < 1.29 is 29.6 Å². The number of ether oxygens (including phenoxy) is 2. The van der Waals surface area contributed by atoms with Crippen molar-refractivity contribution in [2.45, 2.75) is 38.6 Å². The zero-order chi connectivity index (χ0) is 27.9. The number of aromatic nitrogens is 1. The van der Waals surface area contributed by atoms with Crippen LogP contribution in [0.15, 0.2) is 60.7 Å². The number of aliphatic hydroxyl groups is 2. The average molecular weight is 534 g/mol. The highest BCUT2D eigenvalue weighted by atomic mass is 16.5. The molecule has 0 aliphatic rings. The number of methoxy groups -OCH3 is 2. The summed E-state index contributed by atoms with van der Waals surface area (Å²) in [5.74, 6) is 1.12. The quantitative estimate of drug-likeness (QED) is 0.164. The van der Waals surface area contributed by atoms with Gasteiger partial charge in [-0.15, -0.1) is 0 Å². The molecule has 0 aliphatic heterocycles. The van der Waals surface area contributed by atoms with Crippen LogP contribution in [0.3, 0.4) is 0 Å². The van der Waals surface area contributed by atoms with Gasteiger partial charge in [-0.25, -0.2) is 0 Å². The van der Waals surface area contributed by atoms with E-state index in [1.54, 1.807) is 32.4 Å². The van der Waals surface area contributed by atoms with E-state index < -0.39 is 6.10 Å². The second-order valence-corrected chi connectivity index (χ2v) is 9.54. The van der Waals surface area contributed by atoms with Gasteiger partial charge in [0.1, 0.15) is 22.9 Å². The maximum absolute atomic E-state index is 12.8. The van der Waals surface area contributed by atoms with Crippen LogP contribution >= 0.6 is 0 Å². The summed E-state index contributed by atoms with van der Waals surface area (Å²) >= 11 is 0. The van der Waals surface area contributed by atoms with Gasteiger partial charge < -0.3 is 40.4 Å². The van der Waals surface area contributed by atoms with Crippen molar-refractivity contribution in [1.29, 1.82) is 0 Å². The number of amides is 1. The summed E-state index contributed by atoms with van der Waals surface area (Å²) in [7, 11) is 3.17. The van der Waals surface area contributed by atoms with E-state index >= 15 is 0 Å². The van der Waals surface area contributed by atoms with Crippen molar-refractivity contribution in [3.63, 3.8) is 0 Å². The maximum Gasteiger partial charge on any atom is 0.267 e. The average Bonchev–Trinajstić information content (AvgIpc) is 3.38. The number of hydrogen-bond acceptors (Lipinski definition) is 7. The lowest BCUT2D eigenvalue weighted by atomic mass is 10.0. The number of carbonyl (C=O) groups excluding carboxylic acids is 1. The Balaban J connectivity index is 1.34. The summed E-state index contributed by atoms with van der Waals surface area (Å²) in [6, 6.07) is 18.1. The molecule has 1 unspecified atom stereocenters. The third-order valence-electron chi connectivity index (χ3n) is 6.72. The summed E-state index contributed by atoms with van der Waals surface area (Å²) in [4.78, 5) is 16.0. The van der Waals surface area contributed by atoms with Crippen molar-refractivity contribution in [3.05, 3.63) is 88.6 Å². The number of carbonyl (C=O) groups is 1. The highest BCUT2D eigenvalue weighted by molar-refractivity contribution is 5.98. The van der Waals surface area contributed by atoms with Crippen molar-refractivity contribution >= 4 is 16.8 Å². The molecule has 3 aromatic carbocycles. The van der Waals surface area contributed by atoms with Crippen LogP contribution in [0.2, 0.25) is 0 Å². The predicted molar refractivity (Wildman–Crippen MR) is 149 cm³/mol. The molecular weight excluding hydrogens is 498 g/mol. The Morgan fingerprint density at radius 2 is 1.82 bits per heavy atom. The minimum Gasteiger partial charge on any atom is -0.508 e. The molecule has 2 atom stereocenters. The molecule has 0 saturated heterocycles. The predicted octanol–water partition coefficient (Wildman–Crippen LogP) is 3.57. The summed E-state index contributed by atoms with van der Waals surface area (Å²) in [5, 5.41) is 36.8. The summed E-state index contributed by atoms with van der Waals surface area (Å²) < 4.78 is 10.6. The first-order chi connectivity index (χ1) is 18.8. The number of phenols is 1. The van der Waals surface area contributed by atoms with Crippen LogP contribution < -0.4 is 20.1 Å². The van der Waals surface area contributed by atoms with Crippen LogP contribution in [-0.2, 0) is 19.6 Å². The van der Waals surface area contributed by atoms with Gasteiger partial charge in [0.05, 0.1) is 26.9 Å². The molecule has 0 spiro atoms. The molecule has 1 aromatic heterocycles. The Morgan fingerprint density at radius 1 is 1.00 bits per heavy atom. The van der Waals surface area contributed by atoms with Crippen LogP contribution in [0.5, 0.6) is 17.2 Å². The third-order valence-corrected chi connectivity index (χ3v) is 6.72. The molecule has 0 radical (unpaired) electrons. The molecule has 4 aromatic rings. The number of H-pyrrole nitrogens is 1. The Hall–Kier alpha value is -4.05. The number of aromatic hydroxyl groups is 1. The first-order valence-electron chi connectivity index (χ1n) is 12.8. The lowest BCUT2D eigenvalue weighted by molar-refractivity contribution is 0.0946.